The minimum absolute atomic E-state index is 0.153. The Balaban J connectivity index is 0.950. The molecule has 16 rings (SSSR count). The predicted molar refractivity (Wildman–Crippen MR) is 499 cm³/mol. The summed E-state index contributed by atoms with van der Waals surface area (Å²) in [7, 11) is -10.7. The van der Waals surface area contributed by atoms with Crippen molar-refractivity contribution in [3.63, 3.8) is 0 Å². The van der Waals surface area contributed by atoms with Gasteiger partial charge in [0.15, 0.2) is 36.2 Å². The van der Waals surface area contributed by atoms with Gasteiger partial charge in [-0.15, -0.1) is 0 Å². The summed E-state index contributed by atoms with van der Waals surface area (Å²) in [5.74, 6) is -18.6. The molecule has 772 valence electrons. The Morgan fingerprint density at radius 1 is 0.650 bits per heavy atom. The molecule has 22 atom stereocenters. The van der Waals surface area contributed by atoms with Crippen LogP contribution in [0.4, 0.5) is 4.79 Å². The topological polar surface area (TPSA) is 724 Å². The molecule has 0 spiro atoms. The highest BCUT2D eigenvalue weighted by Crippen LogP contribution is 2.69. The van der Waals surface area contributed by atoms with E-state index in [4.69, 9.17) is 93.6 Å². The number of halogens is 3. The number of nitrogens with two attached hydrogens (primary N) is 2. The zero-order valence-electron chi connectivity index (χ0n) is 77.1. The number of phenols is 1. The third-order valence-electron chi connectivity index (χ3n) is 25.8. The summed E-state index contributed by atoms with van der Waals surface area (Å²) in [6, 6.07) is 13.3. The van der Waals surface area contributed by atoms with Gasteiger partial charge in [0.2, 0.25) is 66.0 Å². The van der Waals surface area contributed by atoms with Gasteiger partial charge in [0, 0.05) is 59.6 Å². The Morgan fingerprint density at radius 2 is 1.24 bits per heavy atom. The number of aliphatic hydroxyl groups excluding tert-OH is 6. The van der Waals surface area contributed by atoms with Crippen LogP contribution in [0.2, 0.25) is 15.1 Å². The number of hydrogen-bond donors (Lipinski definition) is 25. The van der Waals surface area contributed by atoms with Gasteiger partial charge in [0.05, 0.1) is 53.5 Å². The molecule has 8 aliphatic heterocycles. The lowest BCUT2D eigenvalue weighted by molar-refractivity contribution is -0.334. The van der Waals surface area contributed by atoms with Crippen molar-refractivity contribution in [2.45, 2.75) is 224 Å². The van der Waals surface area contributed by atoms with Crippen molar-refractivity contribution < 1.29 is 170 Å². The minimum Gasteiger partial charge on any atom is -0.508 e. The molecule has 11 bridgehead atoms. The highest BCUT2D eigenvalue weighted by molar-refractivity contribution is 7.72. The average molecular weight is 2100 g/mol. The van der Waals surface area contributed by atoms with Crippen molar-refractivity contribution in [1.29, 1.82) is 0 Å². The van der Waals surface area contributed by atoms with E-state index in [0.29, 0.717) is 5.02 Å². The van der Waals surface area contributed by atoms with E-state index in [9.17, 15) is 94.2 Å². The lowest BCUT2D eigenvalue weighted by Gasteiger charge is -2.48. The fourth-order valence-corrected chi connectivity index (χ4v) is 20.7. The van der Waals surface area contributed by atoms with Crippen LogP contribution < -0.4 is 73.5 Å². The highest BCUT2D eigenvalue weighted by atomic mass is 35.5. The van der Waals surface area contributed by atoms with Gasteiger partial charge in [0.1, 0.15) is 78.0 Å². The van der Waals surface area contributed by atoms with Crippen molar-refractivity contribution in [2.24, 2.45) is 17.4 Å². The number of primary amides is 1. The Kier molecular flexibility index (Phi) is 32.6. The molecule has 7 aromatic carbocycles. The summed E-state index contributed by atoms with van der Waals surface area (Å²) in [4.78, 5) is 176. The second-order valence-corrected chi connectivity index (χ2v) is 41.9. The SMILES string of the molecule is CN[C@H](CC(C)C)C(=O)N[C@H]1C(=O)N[C@@H](CC(N)=O)C(=O)N[C@H]2C(=O)N[C@H]3C(=O)N[C@H](C(=O)N[C@H](C(=O)OCOC(=O)NCCC(O)(P(=O)(O)O)P(=O)(O)O)c4cc(O)cc5c4-c4cc3ccc4C5(O)O)[C@H](O[C@H]3C[C@](C)(N)[C@@H](O)[C@H](C)O3)c3ccc(c(Cl)c3)Oc3cc2cc(c3O[C@@H]2O[C@H](CO)[C@@H](O)[C@H](O)[C@H]2O[C@H]2C[C@](C)(NCc3ccc(-c4ccc(Cl)cc4)cc3)[C@@H](O)[C@H](C)O2)Oc2ccc(cc2Cl)[C@H]1O. The van der Waals surface area contributed by atoms with Crippen LogP contribution in [0.3, 0.4) is 0 Å². The molecule has 27 N–H and O–H groups in total. The van der Waals surface area contributed by atoms with Crippen molar-refractivity contribution in [3.05, 3.63) is 187 Å². The normalized spacial score (nSPS) is 28.4. The first-order chi connectivity index (χ1) is 67.2. The van der Waals surface area contributed by atoms with E-state index in [2.05, 4.69) is 42.5 Å². The number of amides is 8. The van der Waals surface area contributed by atoms with E-state index < -0.39 is 330 Å². The van der Waals surface area contributed by atoms with Crippen LogP contribution in [0.25, 0.3) is 22.3 Å². The Hall–Kier alpha value is -10.7. The molecule has 0 aromatic heterocycles. The monoisotopic (exact) mass is 2090 g/mol. The van der Waals surface area contributed by atoms with Crippen LogP contribution in [0.1, 0.15) is 148 Å². The number of rotatable bonds is 26. The number of hydrogen-bond acceptors (Lipinski definition) is 34. The minimum atomic E-state index is -6.07. The third-order valence-corrected chi connectivity index (χ3v) is 30.5. The van der Waals surface area contributed by atoms with Gasteiger partial charge in [-0.25, -0.2) is 9.59 Å². The molecular weight excluding hydrogens is 1990 g/mol. The molecular formula is C92H108Cl3N11O35P2. The number of nitrogens with one attached hydrogen (secondary N) is 9. The van der Waals surface area contributed by atoms with E-state index in [1.165, 1.54) is 39.1 Å². The third kappa shape index (κ3) is 23.2. The Bertz CT molecular complexity index is 6100. The fraction of sp³-hybridized carbons (Fsp3) is 0.446. The first-order valence-corrected chi connectivity index (χ1v) is 49.2. The number of aromatic hydroxyl groups is 1. The van der Waals surface area contributed by atoms with Gasteiger partial charge in [0.25, 0.3) is 5.08 Å². The molecule has 0 saturated carbocycles. The van der Waals surface area contributed by atoms with Crippen molar-refractivity contribution in [3.8, 4) is 56.8 Å². The van der Waals surface area contributed by atoms with Gasteiger partial charge < -0.3 is 177 Å². The number of esters is 1. The summed E-state index contributed by atoms with van der Waals surface area (Å²) in [5, 5.41) is 137. The number of carbonyl (C=O) groups excluding carboxylic acids is 9. The molecule has 3 saturated heterocycles. The zero-order valence-corrected chi connectivity index (χ0v) is 81.2. The number of aliphatic hydroxyl groups is 9. The van der Waals surface area contributed by atoms with Gasteiger partial charge in [-0.2, -0.15) is 0 Å². The maximum Gasteiger partial charge on any atom is 0.410 e. The number of carbonyl (C=O) groups is 9. The summed E-state index contributed by atoms with van der Waals surface area (Å²) >= 11 is 21.0. The van der Waals surface area contributed by atoms with Crippen LogP contribution in [-0.2, 0) is 93.0 Å². The fourth-order valence-electron chi connectivity index (χ4n) is 18.0. The lowest BCUT2D eigenvalue weighted by atomic mass is 9.84. The maximum absolute atomic E-state index is 16.8. The lowest BCUT2D eigenvalue weighted by Crippen LogP contribution is -2.65. The number of likely N-dealkylation sites (N-methyl/N-ethyl adjacent to an activating group) is 1. The number of ether oxygens (including phenoxy) is 10. The molecule has 0 radical (unpaired) electrons. The Labute approximate surface area is 829 Å². The maximum atomic E-state index is 16.8. The summed E-state index contributed by atoms with van der Waals surface area (Å²) in [6.45, 7) is 6.11. The first kappa shape index (κ1) is 108. The van der Waals surface area contributed by atoms with Crippen LogP contribution in [0, 0.1) is 5.92 Å². The predicted octanol–water partition coefficient (Wildman–Crippen LogP) is 2.12. The molecule has 143 heavy (non-hydrogen) atoms. The highest BCUT2D eigenvalue weighted by Gasteiger charge is 2.60. The van der Waals surface area contributed by atoms with E-state index in [-0.39, 0.29) is 42.0 Å². The number of alkyl carbamates (subject to hydrolysis) is 1. The summed E-state index contributed by atoms with van der Waals surface area (Å²) in [6.07, 6.45) is -27.4. The van der Waals surface area contributed by atoms with Crippen LogP contribution in [0.15, 0.2) is 127 Å². The summed E-state index contributed by atoms with van der Waals surface area (Å²) in [5.41, 5.74) is 8.17. The smallest absolute Gasteiger partial charge is 0.410 e. The van der Waals surface area contributed by atoms with Crippen molar-refractivity contribution >= 4 is 103 Å². The van der Waals surface area contributed by atoms with Gasteiger partial charge in [-0.3, -0.25) is 42.7 Å². The second kappa shape index (κ2) is 43.1. The van der Waals surface area contributed by atoms with E-state index in [1.54, 1.807) is 39.8 Å². The largest absolute Gasteiger partial charge is 0.508 e. The van der Waals surface area contributed by atoms with Crippen molar-refractivity contribution in [1.82, 2.24) is 47.9 Å². The first-order valence-electron chi connectivity index (χ1n) is 44.8. The van der Waals surface area contributed by atoms with E-state index in [1.807, 2.05) is 41.7 Å². The molecule has 9 aliphatic rings. The van der Waals surface area contributed by atoms with Gasteiger partial charge in [-0.05, 0) is 169 Å². The summed E-state index contributed by atoms with van der Waals surface area (Å²) < 4.78 is 87.7. The van der Waals surface area contributed by atoms with Crippen LogP contribution in [0.5, 0.6) is 34.5 Å². The second-order valence-electron chi connectivity index (χ2n) is 36.7. The van der Waals surface area contributed by atoms with Crippen LogP contribution >= 0.6 is 50.0 Å². The van der Waals surface area contributed by atoms with E-state index >= 15 is 28.8 Å². The molecule has 51 heteroatoms. The van der Waals surface area contributed by atoms with E-state index in [0.717, 1.165) is 77.4 Å². The van der Waals surface area contributed by atoms with Gasteiger partial charge >= 0.3 is 27.3 Å². The van der Waals surface area contributed by atoms with Crippen molar-refractivity contribution in [2.75, 3.05) is 27.0 Å². The van der Waals surface area contributed by atoms with Gasteiger partial charge in [-0.1, -0.05) is 109 Å². The van der Waals surface area contributed by atoms with Crippen LogP contribution in [-0.4, -0.2) is 259 Å². The molecule has 8 heterocycles. The number of benzene rings is 7. The standard InChI is InChI=1S/C92H108Cl3N11O35P2/c1-38(2)24-56(98-7)80(115)105-70-72(110)45-15-20-58(54(94)26-45)136-60-28-47-29-61(76(60)141-87-77(74(112)73(111)62(36-107)138-87)140-65-34-90(6,79(114)40(4)135-65)100-35-41-8-10-42(11-9-41)43-12-17-48(93)18-13-43)137-59-21-16-46(27-55(59)95)75(139-64-33-89(5,97)78(113)39(3)134-64)71-85(120)104-69(86(121)132-37-133-88(122)99-23-22-91(123,142(126,127)128)143(129,130)131)51-30-49(108)31-53-66(51)50-25-44(14-19-52(50)92(53,124)125)67(82(117)106-71)103-83(118)68(47)102-81(116)57(32-63(96)109)101-84(70)119/h8-21,25-31,38-40,56-57,62,64-65,67-75,77-79,87,98,100,107-108,110-114,123-125H,22-24,32-37,97H2,1-7H3,(H2,96,109)(H,99,122)(H,101,119)(H,102,116)(H,103,118)(H,104,120)(H,105,115)(H,106,117)(H2,126,127,128)(H2,129,130,131)/t39-,40-,56+,57-,62+,64-,65-,67+,68+,69-,70+,71-,72+,73+,74-,75+,77+,78-,79-,87-,89-,90-/m0/s1. The molecule has 0 unspecified atom stereocenters. The molecule has 1 aliphatic carbocycles. The quantitative estimate of drug-likeness (QED) is 0.0210. The molecule has 3 fully saturated rings. The number of fused-ring (bicyclic) bond motifs is 12. The Morgan fingerprint density at radius 3 is 1.84 bits per heavy atom. The number of phenolic OH excluding ortho intramolecular Hbond substituents is 1. The average Bonchev–Trinajstić information content (AvgIpc) is 1.56. The molecule has 8 amide bonds. The zero-order chi connectivity index (χ0) is 104. The molecule has 46 nitrogen and oxygen atoms in total. The molecule has 7 aromatic rings.